The van der Waals surface area contributed by atoms with Crippen molar-refractivity contribution >= 4 is 5.91 Å². The van der Waals surface area contributed by atoms with Crippen molar-refractivity contribution in [2.24, 2.45) is 5.92 Å². The number of amides is 1. The molecule has 7 nitrogen and oxygen atoms in total. The van der Waals surface area contributed by atoms with Crippen molar-refractivity contribution in [3.05, 3.63) is 41.7 Å². The van der Waals surface area contributed by atoms with Crippen LogP contribution >= 0.6 is 0 Å². The van der Waals surface area contributed by atoms with Gasteiger partial charge in [0.15, 0.2) is 11.5 Å². The maximum atomic E-state index is 12.7. The molecule has 1 fully saturated rings. The number of carbonyl (C=O) groups excluding carboxylic acids is 1. The lowest BCUT2D eigenvalue weighted by Gasteiger charge is -2.24. The van der Waals surface area contributed by atoms with Crippen molar-refractivity contribution < 1.29 is 14.3 Å². The summed E-state index contributed by atoms with van der Waals surface area (Å²) >= 11 is 0. The molecule has 2 atom stereocenters. The molecular formula is C23H32N4O3. The van der Waals surface area contributed by atoms with E-state index in [2.05, 4.69) is 42.7 Å². The Morgan fingerprint density at radius 2 is 1.93 bits per heavy atom. The first-order valence-electron chi connectivity index (χ1n) is 11.0. The molecular weight excluding hydrogens is 380 g/mol. The van der Waals surface area contributed by atoms with Crippen LogP contribution in [-0.2, 0) is 4.79 Å². The van der Waals surface area contributed by atoms with E-state index in [1.165, 1.54) is 12.8 Å². The summed E-state index contributed by atoms with van der Waals surface area (Å²) in [5.74, 6) is 1.74. The number of fused-ring (bicyclic) bond motifs is 1. The van der Waals surface area contributed by atoms with Crippen LogP contribution < -0.4 is 20.1 Å². The summed E-state index contributed by atoms with van der Waals surface area (Å²) in [6.07, 6.45) is 7.27. The van der Waals surface area contributed by atoms with E-state index in [1.54, 1.807) is 0 Å². The summed E-state index contributed by atoms with van der Waals surface area (Å²) in [6.45, 7) is 7.84. The Morgan fingerprint density at radius 1 is 1.17 bits per heavy atom. The first-order chi connectivity index (χ1) is 14.5. The predicted octanol–water partition coefficient (Wildman–Crippen LogP) is 3.54. The SMILES string of the molecule is CC(NCC(=O)NC(c1ccc2c(c1)OCCCO2)C(C)C)c1cnn(C2CC2)c1. The summed E-state index contributed by atoms with van der Waals surface area (Å²) in [6, 6.07) is 6.49. The van der Waals surface area contributed by atoms with Gasteiger partial charge >= 0.3 is 0 Å². The highest BCUT2D eigenvalue weighted by Crippen LogP contribution is 2.35. The van der Waals surface area contributed by atoms with Gasteiger partial charge in [-0.15, -0.1) is 0 Å². The third kappa shape index (κ3) is 4.95. The van der Waals surface area contributed by atoms with E-state index in [4.69, 9.17) is 9.47 Å². The van der Waals surface area contributed by atoms with Gasteiger partial charge in [-0.1, -0.05) is 19.9 Å². The molecule has 2 aliphatic rings. The Morgan fingerprint density at radius 3 is 2.67 bits per heavy atom. The van der Waals surface area contributed by atoms with Crippen LogP contribution in [0.25, 0.3) is 0 Å². The molecule has 1 aromatic heterocycles. The third-order valence-corrected chi connectivity index (χ3v) is 5.73. The zero-order valence-corrected chi connectivity index (χ0v) is 18.1. The summed E-state index contributed by atoms with van der Waals surface area (Å²) in [7, 11) is 0. The largest absolute Gasteiger partial charge is 0.490 e. The zero-order chi connectivity index (χ0) is 21.1. The topological polar surface area (TPSA) is 77.4 Å². The molecule has 7 heteroatoms. The normalized spacial score (nSPS) is 18.0. The van der Waals surface area contributed by atoms with Gasteiger partial charge in [0.2, 0.25) is 5.91 Å². The molecule has 30 heavy (non-hydrogen) atoms. The molecule has 1 amide bonds. The second kappa shape index (κ2) is 9.08. The standard InChI is InChI=1S/C23H32N4O3/c1-15(2)23(17-5-8-20-21(11-17)30-10-4-9-29-20)26-22(28)13-24-16(3)18-12-25-27(14-18)19-6-7-19/h5,8,11-12,14-16,19,23-24H,4,6-7,9-10,13H2,1-3H3,(H,26,28). The van der Waals surface area contributed by atoms with E-state index in [9.17, 15) is 4.79 Å². The van der Waals surface area contributed by atoms with E-state index >= 15 is 0 Å². The lowest BCUT2D eigenvalue weighted by atomic mass is 9.95. The van der Waals surface area contributed by atoms with Crippen molar-refractivity contribution in [2.45, 2.75) is 58.2 Å². The van der Waals surface area contributed by atoms with E-state index in [0.29, 0.717) is 19.3 Å². The van der Waals surface area contributed by atoms with Crippen LogP contribution in [0, 0.1) is 5.92 Å². The second-order valence-corrected chi connectivity index (χ2v) is 8.63. The lowest BCUT2D eigenvalue weighted by molar-refractivity contribution is -0.121. The van der Waals surface area contributed by atoms with Gasteiger partial charge in [0, 0.05) is 24.2 Å². The first kappa shape index (κ1) is 20.7. The van der Waals surface area contributed by atoms with Crippen LogP contribution in [-0.4, -0.2) is 35.4 Å². The Hall–Kier alpha value is -2.54. The quantitative estimate of drug-likeness (QED) is 0.693. The van der Waals surface area contributed by atoms with E-state index in [1.807, 2.05) is 29.1 Å². The summed E-state index contributed by atoms with van der Waals surface area (Å²) in [4.78, 5) is 12.7. The molecule has 2 N–H and O–H groups in total. The third-order valence-electron chi connectivity index (χ3n) is 5.73. The minimum atomic E-state index is -0.0932. The van der Waals surface area contributed by atoms with Gasteiger partial charge in [0.1, 0.15) is 0 Å². The van der Waals surface area contributed by atoms with Crippen molar-refractivity contribution in [3.63, 3.8) is 0 Å². The Kier molecular flexibility index (Phi) is 6.27. The molecule has 1 saturated carbocycles. The molecule has 1 aliphatic carbocycles. The maximum absolute atomic E-state index is 12.7. The Bertz CT molecular complexity index is 875. The summed E-state index contributed by atoms with van der Waals surface area (Å²) < 4.78 is 13.6. The molecule has 162 valence electrons. The van der Waals surface area contributed by atoms with E-state index in [0.717, 1.165) is 29.0 Å². The number of ether oxygens (including phenoxy) is 2. The van der Waals surface area contributed by atoms with Crippen LogP contribution in [0.3, 0.4) is 0 Å². The summed E-state index contributed by atoms with van der Waals surface area (Å²) in [5.41, 5.74) is 2.14. The van der Waals surface area contributed by atoms with E-state index < -0.39 is 0 Å². The molecule has 2 heterocycles. The zero-order valence-electron chi connectivity index (χ0n) is 18.1. The fraction of sp³-hybridized carbons (Fsp3) is 0.565. The Labute approximate surface area is 178 Å². The Balaban J connectivity index is 1.35. The number of nitrogens with one attached hydrogen (secondary N) is 2. The minimum absolute atomic E-state index is 0.0257. The number of benzene rings is 1. The smallest absolute Gasteiger partial charge is 0.234 e. The first-order valence-corrected chi connectivity index (χ1v) is 11.0. The van der Waals surface area contributed by atoms with Gasteiger partial charge in [-0.05, 0) is 43.4 Å². The highest BCUT2D eigenvalue weighted by atomic mass is 16.5. The molecule has 4 rings (SSSR count). The number of nitrogens with zero attached hydrogens (tertiary/aromatic N) is 2. The van der Waals surface area contributed by atoms with Crippen LogP contribution in [0.2, 0.25) is 0 Å². The van der Waals surface area contributed by atoms with Gasteiger partial charge in [0.25, 0.3) is 0 Å². The molecule has 0 radical (unpaired) electrons. The monoisotopic (exact) mass is 412 g/mol. The number of carbonyl (C=O) groups is 1. The van der Waals surface area contributed by atoms with Gasteiger partial charge in [-0.25, -0.2) is 0 Å². The molecule has 0 bridgehead atoms. The van der Waals surface area contributed by atoms with Crippen LogP contribution in [0.15, 0.2) is 30.6 Å². The van der Waals surface area contributed by atoms with Crippen LogP contribution in [0.4, 0.5) is 0 Å². The predicted molar refractivity (Wildman–Crippen MR) is 115 cm³/mol. The highest BCUT2D eigenvalue weighted by molar-refractivity contribution is 5.78. The maximum Gasteiger partial charge on any atom is 0.234 e. The molecule has 1 aliphatic heterocycles. The minimum Gasteiger partial charge on any atom is -0.490 e. The van der Waals surface area contributed by atoms with Gasteiger partial charge in [-0.3, -0.25) is 9.48 Å². The lowest BCUT2D eigenvalue weighted by Crippen LogP contribution is -2.38. The van der Waals surface area contributed by atoms with Gasteiger partial charge < -0.3 is 20.1 Å². The van der Waals surface area contributed by atoms with Crippen molar-refractivity contribution in [1.82, 2.24) is 20.4 Å². The average molecular weight is 413 g/mol. The van der Waals surface area contributed by atoms with E-state index in [-0.39, 0.29) is 30.5 Å². The molecule has 2 aromatic rings. The molecule has 0 spiro atoms. The van der Waals surface area contributed by atoms with Crippen molar-refractivity contribution in [2.75, 3.05) is 19.8 Å². The molecule has 0 saturated heterocycles. The number of hydrogen-bond donors (Lipinski definition) is 2. The second-order valence-electron chi connectivity index (χ2n) is 8.63. The summed E-state index contributed by atoms with van der Waals surface area (Å²) in [5, 5.41) is 10.9. The van der Waals surface area contributed by atoms with Crippen molar-refractivity contribution in [1.29, 1.82) is 0 Å². The molecule has 2 unspecified atom stereocenters. The fourth-order valence-corrected chi connectivity index (χ4v) is 3.71. The number of hydrogen-bond acceptors (Lipinski definition) is 5. The number of aromatic nitrogens is 2. The van der Waals surface area contributed by atoms with Gasteiger partial charge in [0.05, 0.1) is 38.0 Å². The van der Waals surface area contributed by atoms with Crippen LogP contribution in [0.1, 0.15) is 69.3 Å². The molecule has 1 aromatic carbocycles. The number of rotatable bonds is 8. The van der Waals surface area contributed by atoms with Gasteiger partial charge in [-0.2, -0.15) is 5.10 Å². The van der Waals surface area contributed by atoms with Crippen LogP contribution in [0.5, 0.6) is 11.5 Å². The average Bonchev–Trinajstić information content (AvgIpc) is 3.51. The fourth-order valence-electron chi connectivity index (χ4n) is 3.71. The van der Waals surface area contributed by atoms with Crippen molar-refractivity contribution in [3.8, 4) is 11.5 Å². The highest BCUT2D eigenvalue weighted by Gasteiger charge is 2.25.